The number of hydrogen-bond donors (Lipinski definition) is 1. The normalized spacial score (nSPS) is 10.2. The molecule has 0 saturated heterocycles. The Morgan fingerprint density at radius 3 is 2.63 bits per heavy atom. The van der Waals surface area contributed by atoms with Gasteiger partial charge in [0, 0.05) is 30.9 Å². The molecule has 0 unspecified atom stereocenters. The molecule has 0 atom stereocenters. The lowest BCUT2D eigenvalue weighted by Crippen LogP contribution is -2.23. The van der Waals surface area contributed by atoms with Crippen molar-refractivity contribution >= 4 is 5.91 Å². The van der Waals surface area contributed by atoms with Crippen molar-refractivity contribution in [1.29, 1.82) is 0 Å². The Labute approximate surface area is 111 Å². The molecule has 0 radical (unpaired) electrons. The average molecular weight is 258 g/mol. The molecule has 0 aliphatic heterocycles. The first-order valence-corrected chi connectivity index (χ1v) is 6.15. The highest BCUT2D eigenvalue weighted by Crippen LogP contribution is 2.06. The lowest BCUT2D eigenvalue weighted by Gasteiger charge is -2.06. The Morgan fingerprint density at radius 1 is 1.16 bits per heavy atom. The molecule has 3 nitrogen and oxygen atoms in total. The highest BCUT2D eigenvalue weighted by atomic mass is 19.1. The second-order valence-corrected chi connectivity index (χ2v) is 4.22. The zero-order chi connectivity index (χ0) is 13.5. The van der Waals surface area contributed by atoms with E-state index in [0.29, 0.717) is 18.4 Å². The first-order valence-electron chi connectivity index (χ1n) is 6.15. The third-order valence-corrected chi connectivity index (χ3v) is 2.82. The average Bonchev–Trinajstić information content (AvgIpc) is 2.45. The highest BCUT2D eigenvalue weighted by Gasteiger charge is 2.04. The Kier molecular flexibility index (Phi) is 4.61. The van der Waals surface area contributed by atoms with Gasteiger partial charge in [-0.2, -0.15) is 0 Å². The van der Waals surface area contributed by atoms with Crippen LogP contribution >= 0.6 is 0 Å². The van der Waals surface area contributed by atoms with E-state index in [1.807, 2.05) is 12.1 Å². The lowest BCUT2D eigenvalue weighted by atomic mass is 10.1. The van der Waals surface area contributed by atoms with Gasteiger partial charge in [-0.15, -0.1) is 0 Å². The number of aromatic nitrogens is 1. The van der Waals surface area contributed by atoms with E-state index in [4.69, 9.17) is 0 Å². The number of aryl methyl sites for hydroxylation is 1. The number of nitrogens with zero attached hydrogens (tertiary/aromatic N) is 1. The van der Waals surface area contributed by atoms with Gasteiger partial charge < -0.3 is 5.32 Å². The summed E-state index contributed by atoms with van der Waals surface area (Å²) in [6, 6.07) is 10.2. The van der Waals surface area contributed by atoms with Gasteiger partial charge in [0.05, 0.1) is 0 Å². The number of hydrogen-bond acceptors (Lipinski definition) is 2. The second-order valence-electron chi connectivity index (χ2n) is 4.22. The Bertz CT molecular complexity index is 543. The Hall–Kier alpha value is -2.23. The minimum absolute atomic E-state index is 0.0833. The van der Waals surface area contributed by atoms with Crippen molar-refractivity contribution in [3.8, 4) is 0 Å². The smallest absolute Gasteiger partial charge is 0.220 e. The number of carbonyl (C=O) groups excluding carboxylic acids is 1. The zero-order valence-corrected chi connectivity index (χ0v) is 10.5. The molecule has 1 heterocycles. The fourth-order valence-corrected chi connectivity index (χ4v) is 1.73. The summed E-state index contributed by atoms with van der Waals surface area (Å²) in [6.45, 7) is 0.224. The van der Waals surface area contributed by atoms with Gasteiger partial charge in [-0.3, -0.25) is 9.78 Å². The van der Waals surface area contributed by atoms with Crippen LogP contribution in [0.15, 0.2) is 48.8 Å². The van der Waals surface area contributed by atoms with Gasteiger partial charge in [-0.25, -0.2) is 4.39 Å². The van der Waals surface area contributed by atoms with Gasteiger partial charge in [-0.05, 0) is 30.2 Å². The van der Waals surface area contributed by atoms with Crippen molar-refractivity contribution in [2.75, 3.05) is 0 Å². The second kappa shape index (κ2) is 6.64. The third-order valence-electron chi connectivity index (χ3n) is 2.82. The van der Waals surface area contributed by atoms with Crippen LogP contribution in [0, 0.1) is 5.82 Å². The maximum absolute atomic E-state index is 13.3. The van der Waals surface area contributed by atoms with Gasteiger partial charge in [0.2, 0.25) is 5.91 Å². The minimum Gasteiger partial charge on any atom is -0.352 e. The fraction of sp³-hybridized carbons (Fsp3) is 0.200. The van der Waals surface area contributed by atoms with Crippen molar-refractivity contribution in [2.24, 2.45) is 0 Å². The van der Waals surface area contributed by atoms with Crippen molar-refractivity contribution in [3.63, 3.8) is 0 Å². The Morgan fingerprint density at radius 2 is 1.89 bits per heavy atom. The third kappa shape index (κ3) is 4.17. The summed E-state index contributed by atoms with van der Waals surface area (Å²) >= 11 is 0. The first-order chi connectivity index (χ1) is 9.25. The van der Waals surface area contributed by atoms with E-state index in [-0.39, 0.29) is 18.3 Å². The van der Waals surface area contributed by atoms with Crippen LogP contribution in [0.25, 0.3) is 0 Å². The van der Waals surface area contributed by atoms with E-state index >= 15 is 0 Å². The monoisotopic (exact) mass is 258 g/mol. The molecule has 1 aromatic heterocycles. The summed E-state index contributed by atoms with van der Waals surface area (Å²) in [6.07, 6.45) is 4.45. The highest BCUT2D eigenvalue weighted by molar-refractivity contribution is 5.76. The van der Waals surface area contributed by atoms with E-state index in [2.05, 4.69) is 10.3 Å². The molecule has 19 heavy (non-hydrogen) atoms. The molecular weight excluding hydrogens is 243 g/mol. The molecule has 98 valence electrons. The van der Waals surface area contributed by atoms with Crippen molar-refractivity contribution in [1.82, 2.24) is 10.3 Å². The summed E-state index contributed by atoms with van der Waals surface area (Å²) in [7, 11) is 0. The molecule has 0 bridgehead atoms. The standard InChI is InChI=1S/C15H15FN2O/c16-14-4-2-1-3-13(14)11-18-15(19)6-5-12-7-9-17-10-8-12/h1-4,7-10H,5-6,11H2,(H,18,19). The van der Waals surface area contributed by atoms with Crippen LogP contribution in [-0.2, 0) is 17.8 Å². The van der Waals surface area contributed by atoms with Crippen molar-refractivity contribution in [2.45, 2.75) is 19.4 Å². The van der Waals surface area contributed by atoms with Crippen LogP contribution in [0.5, 0.6) is 0 Å². The number of pyridine rings is 1. The van der Waals surface area contributed by atoms with Crippen LogP contribution in [0.4, 0.5) is 4.39 Å². The van der Waals surface area contributed by atoms with Gasteiger partial charge in [0.1, 0.15) is 5.82 Å². The molecule has 1 amide bonds. The van der Waals surface area contributed by atoms with Crippen LogP contribution in [0.1, 0.15) is 17.5 Å². The van der Waals surface area contributed by atoms with Gasteiger partial charge in [0.25, 0.3) is 0 Å². The molecule has 1 N–H and O–H groups in total. The van der Waals surface area contributed by atoms with E-state index in [9.17, 15) is 9.18 Å². The van der Waals surface area contributed by atoms with Gasteiger partial charge in [0.15, 0.2) is 0 Å². The molecule has 0 saturated carbocycles. The summed E-state index contributed by atoms with van der Waals surface area (Å²) < 4.78 is 13.3. The molecule has 2 rings (SSSR count). The molecule has 0 spiro atoms. The maximum atomic E-state index is 13.3. The summed E-state index contributed by atoms with van der Waals surface area (Å²) in [5, 5.41) is 2.72. The minimum atomic E-state index is -0.295. The topological polar surface area (TPSA) is 42.0 Å². The zero-order valence-electron chi connectivity index (χ0n) is 10.5. The van der Waals surface area contributed by atoms with Gasteiger partial charge in [-0.1, -0.05) is 18.2 Å². The lowest BCUT2D eigenvalue weighted by molar-refractivity contribution is -0.121. The predicted molar refractivity (Wildman–Crippen MR) is 70.8 cm³/mol. The SMILES string of the molecule is O=C(CCc1ccncc1)NCc1ccccc1F. The molecule has 0 aliphatic carbocycles. The quantitative estimate of drug-likeness (QED) is 0.895. The van der Waals surface area contributed by atoms with Crippen molar-refractivity contribution < 1.29 is 9.18 Å². The molecular formula is C15H15FN2O. The van der Waals surface area contributed by atoms with Crippen molar-refractivity contribution in [3.05, 3.63) is 65.7 Å². The number of nitrogens with one attached hydrogen (secondary N) is 1. The Balaban J connectivity index is 1.78. The summed E-state index contributed by atoms with van der Waals surface area (Å²) in [5.74, 6) is -0.378. The van der Waals surface area contributed by atoms with E-state index in [1.54, 1.807) is 30.6 Å². The number of rotatable bonds is 5. The molecule has 4 heteroatoms. The first kappa shape index (κ1) is 13.2. The van der Waals surface area contributed by atoms with E-state index in [1.165, 1.54) is 6.07 Å². The number of amides is 1. The van der Waals surface area contributed by atoms with Crippen LogP contribution in [0.3, 0.4) is 0 Å². The predicted octanol–water partition coefficient (Wildman–Crippen LogP) is 2.47. The maximum Gasteiger partial charge on any atom is 0.220 e. The number of benzene rings is 1. The van der Waals surface area contributed by atoms with Gasteiger partial charge >= 0.3 is 0 Å². The molecule has 1 aromatic carbocycles. The fourth-order valence-electron chi connectivity index (χ4n) is 1.73. The number of halogens is 1. The van der Waals surface area contributed by atoms with E-state index in [0.717, 1.165) is 5.56 Å². The largest absolute Gasteiger partial charge is 0.352 e. The van der Waals surface area contributed by atoms with Crippen LogP contribution in [0.2, 0.25) is 0 Å². The molecule has 0 aliphatic rings. The van der Waals surface area contributed by atoms with Crippen LogP contribution in [-0.4, -0.2) is 10.9 Å². The molecule has 2 aromatic rings. The summed E-state index contributed by atoms with van der Waals surface area (Å²) in [5.41, 5.74) is 1.57. The summed E-state index contributed by atoms with van der Waals surface area (Å²) in [4.78, 5) is 15.6. The molecule has 0 fully saturated rings. The van der Waals surface area contributed by atoms with Crippen LogP contribution < -0.4 is 5.32 Å². The van der Waals surface area contributed by atoms with E-state index < -0.39 is 0 Å². The number of carbonyl (C=O) groups is 1.